The van der Waals surface area contributed by atoms with E-state index in [4.69, 9.17) is 0 Å². The van der Waals surface area contributed by atoms with Crippen LogP contribution in [0.15, 0.2) is 37.9 Å². The maximum Gasteiger partial charge on any atom is 0.0788 e. The van der Waals surface area contributed by atoms with Crippen LogP contribution in [0.1, 0.15) is 31.7 Å². The van der Waals surface area contributed by atoms with Gasteiger partial charge in [-0.1, -0.05) is 44.0 Å². The Morgan fingerprint density at radius 1 is 1.06 bits per heavy atom. The molecule has 0 atom stereocenters. The lowest BCUT2D eigenvalue weighted by Crippen LogP contribution is -1.85. The summed E-state index contributed by atoms with van der Waals surface area (Å²) < 4.78 is 2.35. The van der Waals surface area contributed by atoms with Gasteiger partial charge >= 0.3 is 0 Å². The Hall–Kier alpha value is -0.120. The molecule has 0 nitrogen and oxygen atoms in total. The minimum Gasteiger partial charge on any atom is -0.121 e. The van der Waals surface area contributed by atoms with Gasteiger partial charge in [-0.05, 0) is 61.9 Å². The van der Waals surface area contributed by atoms with Gasteiger partial charge in [0.25, 0.3) is 0 Å². The third-order valence-corrected chi connectivity index (χ3v) is 5.33. The second-order valence-electron chi connectivity index (χ2n) is 4.39. The minimum absolute atomic E-state index is 1.16. The summed E-state index contributed by atoms with van der Waals surface area (Å²) in [4.78, 5) is 0. The second-order valence-corrected chi connectivity index (χ2v) is 8.14. The zero-order chi connectivity index (χ0) is 13.0. The summed E-state index contributed by atoms with van der Waals surface area (Å²) in [6.45, 7) is 2.25. The van der Waals surface area contributed by atoms with Crippen LogP contribution >= 0.6 is 43.2 Å². The van der Waals surface area contributed by atoms with E-state index in [9.17, 15) is 0 Å². The molecule has 2 rings (SSSR count). The van der Waals surface area contributed by atoms with Gasteiger partial charge in [-0.3, -0.25) is 0 Å². The maximum atomic E-state index is 3.61. The van der Waals surface area contributed by atoms with E-state index in [1.165, 1.54) is 46.2 Å². The van der Waals surface area contributed by atoms with Crippen molar-refractivity contribution in [2.45, 2.75) is 32.6 Å². The molecule has 0 N–H and O–H groups in total. The Bertz CT molecular complexity index is 500. The van der Waals surface area contributed by atoms with Gasteiger partial charge in [0.2, 0.25) is 0 Å². The van der Waals surface area contributed by atoms with Crippen molar-refractivity contribution in [1.82, 2.24) is 0 Å². The summed E-state index contributed by atoms with van der Waals surface area (Å²) in [5.74, 6) is 0. The summed E-state index contributed by atoms with van der Waals surface area (Å²) in [5, 5.41) is 0. The van der Waals surface area contributed by atoms with Crippen LogP contribution in [0.3, 0.4) is 0 Å². The van der Waals surface area contributed by atoms with Gasteiger partial charge in [0.15, 0.2) is 0 Å². The molecule has 0 bridgehead atoms. The van der Waals surface area contributed by atoms with Crippen LogP contribution < -0.4 is 0 Å². The second kappa shape index (κ2) is 6.88. The Balaban J connectivity index is 2.10. The molecule has 1 aromatic heterocycles. The van der Waals surface area contributed by atoms with E-state index in [2.05, 4.69) is 69.1 Å². The highest BCUT2D eigenvalue weighted by atomic mass is 79.9. The lowest BCUT2D eigenvalue weighted by molar-refractivity contribution is 0.717. The molecule has 0 saturated heterocycles. The highest BCUT2D eigenvalue weighted by Crippen LogP contribution is 2.38. The van der Waals surface area contributed by atoms with Crippen molar-refractivity contribution in [3.8, 4) is 11.1 Å². The number of hydrogen-bond donors (Lipinski definition) is 0. The molecule has 1 heterocycles. The lowest BCUT2D eigenvalue weighted by Gasteiger charge is -2.03. The minimum atomic E-state index is 1.16. The Morgan fingerprint density at radius 3 is 2.33 bits per heavy atom. The van der Waals surface area contributed by atoms with Crippen molar-refractivity contribution in [2.75, 3.05) is 0 Å². The molecule has 0 saturated carbocycles. The van der Waals surface area contributed by atoms with Crippen molar-refractivity contribution >= 4 is 43.2 Å². The summed E-state index contributed by atoms with van der Waals surface area (Å²) in [6, 6.07) is 11.1. The van der Waals surface area contributed by atoms with Crippen LogP contribution in [0, 0.1) is 0 Å². The zero-order valence-corrected chi connectivity index (χ0v) is 14.4. The van der Waals surface area contributed by atoms with Crippen molar-refractivity contribution < 1.29 is 0 Å². The van der Waals surface area contributed by atoms with Gasteiger partial charge in [-0.2, -0.15) is 0 Å². The molecule has 0 aliphatic carbocycles. The van der Waals surface area contributed by atoms with Crippen molar-refractivity contribution in [3.05, 3.63) is 43.5 Å². The Morgan fingerprint density at radius 2 is 1.78 bits per heavy atom. The molecule has 0 amide bonds. The number of benzene rings is 1. The van der Waals surface area contributed by atoms with Crippen LogP contribution in [0.2, 0.25) is 0 Å². The molecule has 3 heteroatoms. The standard InChI is InChI=1S/C15H16Br2S/c1-2-3-4-5-11-6-8-12(9-7-11)13-10-14(16)18-15(13)17/h6-10H,2-5H2,1H3. The van der Waals surface area contributed by atoms with E-state index in [0.29, 0.717) is 0 Å². The molecule has 2 aromatic rings. The Labute approximate surface area is 130 Å². The van der Waals surface area contributed by atoms with E-state index >= 15 is 0 Å². The van der Waals surface area contributed by atoms with E-state index in [1.54, 1.807) is 11.3 Å². The Kier molecular flexibility index (Phi) is 5.46. The predicted molar refractivity (Wildman–Crippen MR) is 88.4 cm³/mol. The van der Waals surface area contributed by atoms with Gasteiger partial charge in [0.1, 0.15) is 0 Å². The average Bonchev–Trinajstić information content (AvgIpc) is 2.70. The van der Waals surface area contributed by atoms with Crippen LogP contribution in [0.4, 0.5) is 0 Å². The molecule has 0 unspecified atom stereocenters. The zero-order valence-electron chi connectivity index (χ0n) is 10.4. The molecule has 0 radical (unpaired) electrons. The van der Waals surface area contributed by atoms with Crippen molar-refractivity contribution in [3.63, 3.8) is 0 Å². The quantitative estimate of drug-likeness (QED) is 0.502. The number of thiophene rings is 1. The summed E-state index contributed by atoms with van der Waals surface area (Å²) in [5.41, 5.74) is 3.99. The van der Waals surface area contributed by atoms with E-state index in [-0.39, 0.29) is 0 Å². The van der Waals surface area contributed by atoms with Gasteiger partial charge < -0.3 is 0 Å². The van der Waals surface area contributed by atoms with E-state index in [1.807, 2.05) is 0 Å². The molecule has 0 fully saturated rings. The summed E-state index contributed by atoms with van der Waals surface area (Å²) in [7, 11) is 0. The van der Waals surface area contributed by atoms with Gasteiger partial charge in [-0.15, -0.1) is 11.3 Å². The molecule has 1 aromatic carbocycles. The van der Waals surface area contributed by atoms with Gasteiger partial charge in [0, 0.05) is 5.56 Å². The first kappa shape index (κ1) is 14.3. The average molecular weight is 388 g/mol. The van der Waals surface area contributed by atoms with E-state index < -0.39 is 0 Å². The van der Waals surface area contributed by atoms with Crippen molar-refractivity contribution in [2.24, 2.45) is 0 Å². The summed E-state index contributed by atoms with van der Waals surface area (Å²) >= 11 is 8.86. The lowest BCUT2D eigenvalue weighted by atomic mass is 10.0. The number of unbranched alkanes of at least 4 members (excludes halogenated alkanes) is 2. The smallest absolute Gasteiger partial charge is 0.0788 e. The largest absolute Gasteiger partial charge is 0.121 e. The third kappa shape index (κ3) is 3.69. The number of halogens is 2. The molecule has 0 aliphatic rings. The number of aryl methyl sites for hydroxylation is 1. The fraction of sp³-hybridized carbons (Fsp3) is 0.333. The maximum absolute atomic E-state index is 3.61. The first-order chi connectivity index (χ1) is 8.70. The number of rotatable bonds is 5. The molecule has 96 valence electrons. The molecule has 0 spiro atoms. The molecule has 18 heavy (non-hydrogen) atoms. The van der Waals surface area contributed by atoms with Crippen LogP contribution in [-0.2, 0) is 6.42 Å². The van der Waals surface area contributed by atoms with Crippen LogP contribution in [0.25, 0.3) is 11.1 Å². The molecular formula is C15H16Br2S. The fourth-order valence-corrected chi connectivity index (χ4v) is 4.83. The van der Waals surface area contributed by atoms with Crippen molar-refractivity contribution in [1.29, 1.82) is 0 Å². The van der Waals surface area contributed by atoms with E-state index in [0.717, 1.165) is 3.79 Å². The predicted octanol–water partition coefficient (Wildman–Crippen LogP) is 6.67. The third-order valence-electron chi connectivity index (χ3n) is 2.99. The highest BCUT2D eigenvalue weighted by molar-refractivity contribution is 9.12. The highest BCUT2D eigenvalue weighted by Gasteiger charge is 2.07. The molecular weight excluding hydrogens is 372 g/mol. The summed E-state index contributed by atoms with van der Waals surface area (Å²) in [6.07, 6.45) is 5.10. The first-order valence-corrected chi connectivity index (χ1v) is 8.65. The first-order valence-electron chi connectivity index (χ1n) is 6.25. The van der Waals surface area contributed by atoms with Crippen LogP contribution in [-0.4, -0.2) is 0 Å². The topological polar surface area (TPSA) is 0 Å². The number of hydrogen-bond acceptors (Lipinski definition) is 1. The SMILES string of the molecule is CCCCCc1ccc(-c2cc(Br)sc2Br)cc1. The van der Waals surface area contributed by atoms with Crippen LogP contribution in [0.5, 0.6) is 0 Å². The van der Waals surface area contributed by atoms with Gasteiger partial charge in [-0.25, -0.2) is 0 Å². The normalized spacial score (nSPS) is 10.8. The fourth-order valence-electron chi connectivity index (χ4n) is 1.97. The van der Waals surface area contributed by atoms with Gasteiger partial charge in [0.05, 0.1) is 7.57 Å². The molecule has 0 aliphatic heterocycles. The monoisotopic (exact) mass is 386 g/mol.